The molecule has 0 radical (unpaired) electrons. The first-order chi connectivity index (χ1) is 7.75. The summed E-state index contributed by atoms with van der Waals surface area (Å²) in [7, 11) is 0. The normalized spacial score (nSPS) is 12.6. The van der Waals surface area contributed by atoms with Crippen LogP contribution in [-0.4, -0.2) is 4.98 Å². The Balaban J connectivity index is 2.30. The monoisotopic (exact) mass is 211 g/mol. The smallest absolute Gasteiger partial charge is 0.130 e. The summed E-state index contributed by atoms with van der Waals surface area (Å²) in [6.07, 6.45) is 1.91. The third kappa shape index (κ3) is 1.30. The van der Waals surface area contributed by atoms with Gasteiger partial charge in [0.05, 0.1) is 0 Å². The Bertz CT molecular complexity index is 561. The van der Waals surface area contributed by atoms with E-state index in [0.717, 1.165) is 11.4 Å². The van der Waals surface area contributed by atoms with E-state index in [1.54, 1.807) is 0 Å². The number of aromatic nitrogens is 1. The van der Waals surface area contributed by atoms with Crippen molar-refractivity contribution in [3.8, 4) is 16.9 Å². The van der Waals surface area contributed by atoms with Gasteiger partial charge in [-0.25, -0.2) is 0 Å². The van der Waals surface area contributed by atoms with Crippen molar-refractivity contribution in [1.82, 2.24) is 4.98 Å². The van der Waals surface area contributed by atoms with Gasteiger partial charge in [-0.05, 0) is 31.0 Å². The molecular formula is C14H13NO. The second-order valence-electron chi connectivity index (χ2n) is 4.22. The fourth-order valence-electron chi connectivity index (χ4n) is 2.16. The molecule has 2 heterocycles. The van der Waals surface area contributed by atoms with Gasteiger partial charge in [0, 0.05) is 23.0 Å². The van der Waals surface area contributed by atoms with Gasteiger partial charge in [0.25, 0.3) is 0 Å². The highest BCUT2D eigenvalue weighted by Crippen LogP contribution is 2.39. The summed E-state index contributed by atoms with van der Waals surface area (Å²) in [6, 6.07) is 8.40. The van der Waals surface area contributed by atoms with Crippen molar-refractivity contribution in [1.29, 1.82) is 0 Å². The van der Waals surface area contributed by atoms with Crippen LogP contribution in [0.25, 0.3) is 11.1 Å². The molecule has 0 spiro atoms. The molecule has 0 saturated carbocycles. The molecule has 16 heavy (non-hydrogen) atoms. The predicted octanol–water partition coefficient (Wildman–Crippen LogP) is 3.26. The van der Waals surface area contributed by atoms with Crippen LogP contribution in [0.3, 0.4) is 0 Å². The Kier molecular flexibility index (Phi) is 1.96. The largest absolute Gasteiger partial charge is 0.488 e. The number of rotatable bonds is 0. The Labute approximate surface area is 94.9 Å². The van der Waals surface area contributed by atoms with Gasteiger partial charge in [0.1, 0.15) is 12.4 Å². The van der Waals surface area contributed by atoms with Crippen molar-refractivity contribution in [2.45, 2.75) is 20.5 Å². The molecule has 0 aliphatic carbocycles. The van der Waals surface area contributed by atoms with Gasteiger partial charge < -0.3 is 4.74 Å². The number of aryl methyl sites for hydroxylation is 2. The molecule has 0 bridgehead atoms. The van der Waals surface area contributed by atoms with Crippen molar-refractivity contribution >= 4 is 0 Å². The van der Waals surface area contributed by atoms with Crippen molar-refractivity contribution in [3.05, 3.63) is 47.3 Å². The van der Waals surface area contributed by atoms with Crippen LogP contribution < -0.4 is 4.74 Å². The molecule has 1 aliphatic rings. The fraction of sp³-hybridized carbons (Fsp3) is 0.214. The summed E-state index contributed by atoms with van der Waals surface area (Å²) < 4.78 is 5.78. The van der Waals surface area contributed by atoms with Gasteiger partial charge in [-0.15, -0.1) is 0 Å². The van der Waals surface area contributed by atoms with Crippen LogP contribution >= 0.6 is 0 Å². The molecule has 0 fully saturated rings. The zero-order chi connectivity index (χ0) is 11.1. The third-order valence-electron chi connectivity index (χ3n) is 3.00. The summed E-state index contributed by atoms with van der Waals surface area (Å²) in [5.74, 6) is 1.01. The first kappa shape index (κ1) is 9.40. The summed E-state index contributed by atoms with van der Waals surface area (Å²) >= 11 is 0. The molecule has 1 aromatic carbocycles. The highest BCUT2D eigenvalue weighted by molar-refractivity contribution is 5.76. The first-order valence-corrected chi connectivity index (χ1v) is 5.44. The quantitative estimate of drug-likeness (QED) is 0.667. The lowest BCUT2D eigenvalue weighted by Crippen LogP contribution is -2.07. The van der Waals surface area contributed by atoms with E-state index >= 15 is 0 Å². The van der Waals surface area contributed by atoms with E-state index in [9.17, 15) is 0 Å². The summed E-state index contributed by atoms with van der Waals surface area (Å²) in [6.45, 7) is 4.73. The molecular weight excluding hydrogens is 198 g/mol. The zero-order valence-corrected chi connectivity index (χ0v) is 9.45. The SMILES string of the molecule is Cc1cc2c(cn1)COc1c(C)cccc1-2. The van der Waals surface area contributed by atoms with E-state index in [1.165, 1.54) is 22.3 Å². The van der Waals surface area contributed by atoms with Crippen LogP contribution in [0.5, 0.6) is 5.75 Å². The van der Waals surface area contributed by atoms with E-state index in [1.807, 2.05) is 13.1 Å². The number of nitrogens with zero attached hydrogens (tertiary/aromatic N) is 1. The minimum absolute atomic E-state index is 0.625. The van der Waals surface area contributed by atoms with Crippen LogP contribution in [0, 0.1) is 13.8 Å². The number of para-hydroxylation sites is 1. The minimum atomic E-state index is 0.625. The molecule has 1 aromatic heterocycles. The molecule has 1 aliphatic heterocycles. The zero-order valence-electron chi connectivity index (χ0n) is 9.45. The molecule has 0 atom stereocenters. The highest BCUT2D eigenvalue weighted by atomic mass is 16.5. The van der Waals surface area contributed by atoms with Gasteiger partial charge in [-0.1, -0.05) is 18.2 Å². The molecule has 0 amide bonds. The van der Waals surface area contributed by atoms with Gasteiger partial charge in [-0.2, -0.15) is 0 Å². The average molecular weight is 211 g/mol. The Morgan fingerprint density at radius 3 is 2.94 bits per heavy atom. The van der Waals surface area contributed by atoms with Gasteiger partial charge in [-0.3, -0.25) is 4.98 Å². The van der Waals surface area contributed by atoms with Gasteiger partial charge >= 0.3 is 0 Å². The molecule has 80 valence electrons. The molecule has 2 aromatic rings. The maximum Gasteiger partial charge on any atom is 0.130 e. The second kappa shape index (κ2) is 3.34. The van der Waals surface area contributed by atoms with Crippen LogP contribution in [0.4, 0.5) is 0 Å². The maximum absolute atomic E-state index is 5.78. The lowest BCUT2D eigenvalue weighted by molar-refractivity contribution is 0.299. The topological polar surface area (TPSA) is 22.1 Å². The first-order valence-electron chi connectivity index (χ1n) is 5.44. The van der Waals surface area contributed by atoms with E-state index in [-0.39, 0.29) is 0 Å². The predicted molar refractivity (Wildman–Crippen MR) is 63.5 cm³/mol. The minimum Gasteiger partial charge on any atom is -0.488 e. The average Bonchev–Trinajstić information content (AvgIpc) is 2.29. The van der Waals surface area contributed by atoms with E-state index in [2.05, 4.69) is 36.2 Å². The summed E-state index contributed by atoms with van der Waals surface area (Å²) in [4.78, 5) is 4.31. The summed E-state index contributed by atoms with van der Waals surface area (Å²) in [5.41, 5.74) is 5.86. The van der Waals surface area contributed by atoms with Crippen molar-refractivity contribution in [3.63, 3.8) is 0 Å². The van der Waals surface area contributed by atoms with Crippen molar-refractivity contribution in [2.24, 2.45) is 0 Å². The lowest BCUT2D eigenvalue weighted by Gasteiger charge is -2.22. The molecule has 3 rings (SSSR count). The van der Waals surface area contributed by atoms with Crippen LogP contribution in [0.15, 0.2) is 30.5 Å². The van der Waals surface area contributed by atoms with Crippen molar-refractivity contribution in [2.75, 3.05) is 0 Å². The van der Waals surface area contributed by atoms with Crippen molar-refractivity contribution < 1.29 is 4.74 Å². The number of hydrogen-bond acceptors (Lipinski definition) is 2. The molecule has 2 nitrogen and oxygen atoms in total. The highest BCUT2D eigenvalue weighted by Gasteiger charge is 2.18. The number of fused-ring (bicyclic) bond motifs is 3. The number of benzene rings is 1. The number of ether oxygens (including phenoxy) is 1. The van der Waals surface area contributed by atoms with Crippen LogP contribution in [0.2, 0.25) is 0 Å². The van der Waals surface area contributed by atoms with E-state index in [0.29, 0.717) is 6.61 Å². The maximum atomic E-state index is 5.78. The summed E-state index contributed by atoms with van der Waals surface area (Å²) in [5, 5.41) is 0. The standard InChI is InChI=1S/C14H13NO/c1-9-4-3-5-12-13-6-10(2)15-7-11(13)8-16-14(9)12/h3-7H,8H2,1-2H3. The van der Waals surface area contributed by atoms with Gasteiger partial charge in [0.15, 0.2) is 0 Å². The number of pyridine rings is 1. The lowest BCUT2D eigenvalue weighted by atomic mass is 9.96. The van der Waals surface area contributed by atoms with Crippen LogP contribution in [-0.2, 0) is 6.61 Å². The number of hydrogen-bond donors (Lipinski definition) is 0. The molecule has 0 saturated heterocycles. The molecule has 0 unspecified atom stereocenters. The van der Waals surface area contributed by atoms with E-state index < -0.39 is 0 Å². The Morgan fingerprint density at radius 2 is 2.06 bits per heavy atom. The molecule has 0 N–H and O–H groups in total. The van der Waals surface area contributed by atoms with Crippen LogP contribution in [0.1, 0.15) is 16.8 Å². The third-order valence-corrected chi connectivity index (χ3v) is 3.00. The second-order valence-corrected chi connectivity index (χ2v) is 4.22. The van der Waals surface area contributed by atoms with E-state index in [4.69, 9.17) is 4.74 Å². The Morgan fingerprint density at radius 1 is 1.19 bits per heavy atom. The molecule has 2 heteroatoms. The van der Waals surface area contributed by atoms with Gasteiger partial charge in [0.2, 0.25) is 0 Å². The Hall–Kier alpha value is -1.83. The fourth-order valence-corrected chi connectivity index (χ4v) is 2.16.